The van der Waals surface area contributed by atoms with Crippen LogP contribution in [0.1, 0.15) is 36.1 Å². The molecule has 2 aromatic rings. The summed E-state index contributed by atoms with van der Waals surface area (Å²) >= 11 is 0. The summed E-state index contributed by atoms with van der Waals surface area (Å²) in [6.07, 6.45) is 0.673. The Kier molecular flexibility index (Phi) is 8.40. The Morgan fingerprint density at radius 1 is 1.03 bits per heavy atom. The molecule has 35 heavy (non-hydrogen) atoms. The van der Waals surface area contributed by atoms with Crippen molar-refractivity contribution in [3.63, 3.8) is 0 Å². The highest BCUT2D eigenvalue weighted by molar-refractivity contribution is 6.46. The van der Waals surface area contributed by atoms with E-state index in [2.05, 4.69) is 0 Å². The van der Waals surface area contributed by atoms with E-state index in [1.807, 2.05) is 32.8 Å². The molecule has 1 aliphatic heterocycles. The number of aliphatic hydroxyl groups is 1. The summed E-state index contributed by atoms with van der Waals surface area (Å²) in [5, 5.41) is 11.3. The quantitative estimate of drug-likeness (QED) is 0.313. The Balaban J connectivity index is 2.15. The standard InChI is InChI=1S/C27H34N2O6/c1-7-35-21-12-9-18(16-22(21)34-6)24-23(25(30)19-10-11-20(33-5)17(2)15-19)26(31)27(32)29(24)14-8-13-28(3)4/h9-12,15-16,24,30H,7-8,13-14H2,1-6H3/b25-23+/t24-/m0/s1. The van der Waals surface area contributed by atoms with Crippen molar-refractivity contribution in [1.82, 2.24) is 9.80 Å². The molecule has 2 aromatic carbocycles. The van der Waals surface area contributed by atoms with Crippen molar-refractivity contribution < 1.29 is 28.9 Å². The molecule has 1 saturated heterocycles. The van der Waals surface area contributed by atoms with Crippen LogP contribution in [-0.2, 0) is 9.59 Å². The number of likely N-dealkylation sites (tertiary alicyclic amines) is 1. The van der Waals surface area contributed by atoms with Gasteiger partial charge in [0.25, 0.3) is 11.7 Å². The number of aryl methyl sites for hydroxylation is 1. The Hall–Kier alpha value is -3.52. The lowest BCUT2D eigenvalue weighted by Gasteiger charge is -2.26. The molecule has 1 amide bonds. The summed E-state index contributed by atoms with van der Waals surface area (Å²) in [6, 6.07) is 9.70. The van der Waals surface area contributed by atoms with E-state index in [1.165, 1.54) is 12.0 Å². The molecular formula is C27H34N2O6. The number of rotatable bonds is 10. The van der Waals surface area contributed by atoms with Gasteiger partial charge in [0.15, 0.2) is 11.5 Å². The Bertz CT molecular complexity index is 1120. The maximum Gasteiger partial charge on any atom is 0.295 e. The van der Waals surface area contributed by atoms with Gasteiger partial charge < -0.3 is 29.1 Å². The van der Waals surface area contributed by atoms with Crippen LogP contribution in [0, 0.1) is 6.92 Å². The number of benzene rings is 2. The van der Waals surface area contributed by atoms with Crippen LogP contribution in [-0.4, -0.2) is 74.6 Å². The van der Waals surface area contributed by atoms with Crippen LogP contribution >= 0.6 is 0 Å². The zero-order valence-corrected chi connectivity index (χ0v) is 21.3. The second kappa shape index (κ2) is 11.3. The van der Waals surface area contributed by atoms with Crippen molar-refractivity contribution in [3.8, 4) is 17.2 Å². The topological polar surface area (TPSA) is 88.5 Å². The highest BCUT2D eigenvalue weighted by atomic mass is 16.5. The van der Waals surface area contributed by atoms with Gasteiger partial charge in [0.2, 0.25) is 0 Å². The molecule has 8 heteroatoms. The number of carbonyl (C=O) groups is 2. The van der Waals surface area contributed by atoms with Crippen LogP contribution in [0.5, 0.6) is 17.2 Å². The highest BCUT2D eigenvalue weighted by Gasteiger charge is 2.46. The predicted octanol–water partition coefficient (Wildman–Crippen LogP) is 3.78. The summed E-state index contributed by atoms with van der Waals surface area (Å²) in [7, 11) is 7.01. The molecule has 0 aromatic heterocycles. The van der Waals surface area contributed by atoms with Crippen LogP contribution in [0.15, 0.2) is 42.0 Å². The van der Waals surface area contributed by atoms with E-state index < -0.39 is 17.7 Å². The van der Waals surface area contributed by atoms with Gasteiger partial charge in [0.05, 0.1) is 32.4 Å². The van der Waals surface area contributed by atoms with E-state index in [4.69, 9.17) is 14.2 Å². The fraction of sp³-hybridized carbons (Fsp3) is 0.407. The first kappa shape index (κ1) is 26.1. The Morgan fingerprint density at radius 3 is 2.31 bits per heavy atom. The van der Waals surface area contributed by atoms with E-state index in [0.717, 1.165) is 12.1 Å². The molecule has 3 rings (SSSR count). The molecule has 188 valence electrons. The molecule has 0 bridgehead atoms. The van der Waals surface area contributed by atoms with Crippen molar-refractivity contribution in [3.05, 3.63) is 58.7 Å². The van der Waals surface area contributed by atoms with Gasteiger partial charge in [-0.05, 0) is 82.4 Å². The summed E-state index contributed by atoms with van der Waals surface area (Å²) in [5.41, 5.74) is 1.95. The first-order valence-corrected chi connectivity index (χ1v) is 11.6. The molecule has 0 saturated carbocycles. The van der Waals surface area contributed by atoms with Crippen LogP contribution in [0.2, 0.25) is 0 Å². The van der Waals surface area contributed by atoms with Crippen LogP contribution in [0.25, 0.3) is 5.76 Å². The SMILES string of the molecule is CCOc1ccc([C@H]2/C(=C(\O)c3ccc(OC)c(C)c3)C(=O)C(=O)N2CCCN(C)C)cc1OC. The number of methoxy groups -OCH3 is 2. The third kappa shape index (κ3) is 5.43. The number of aliphatic hydroxyl groups excluding tert-OH is 1. The van der Waals surface area contributed by atoms with Gasteiger partial charge in [-0.2, -0.15) is 0 Å². The molecule has 1 N–H and O–H groups in total. The number of ether oxygens (including phenoxy) is 3. The third-order valence-electron chi connectivity index (χ3n) is 6.02. The first-order valence-electron chi connectivity index (χ1n) is 11.6. The molecule has 0 unspecified atom stereocenters. The molecule has 8 nitrogen and oxygen atoms in total. The third-order valence-corrected chi connectivity index (χ3v) is 6.02. The molecule has 1 atom stereocenters. The van der Waals surface area contributed by atoms with E-state index in [9.17, 15) is 14.7 Å². The molecule has 1 fully saturated rings. The maximum atomic E-state index is 13.2. The zero-order chi connectivity index (χ0) is 25.7. The van der Waals surface area contributed by atoms with Gasteiger partial charge in [0, 0.05) is 12.1 Å². The number of hydrogen-bond acceptors (Lipinski definition) is 7. The van der Waals surface area contributed by atoms with Crippen LogP contribution in [0.3, 0.4) is 0 Å². The number of ketones is 1. The molecule has 1 aliphatic rings. The smallest absolute Gasteiger partial charge is 0.295 e. The normalized spacial score (nSPS) is 17.2. The first-order chi connectivity index (χ1) is 16.7. The second-order valence-corrected chi connectivity index (χ2v) is 8.68. The van der Waals surface area contributed by atoms with Crippen molar-refractivity contribution in [2.24, 2.45) is 0 Å². The van der Waals surface area contributed by atoms with E-state index in [-0.39, 0.29) is 11.3 Å². The summed E-state index contributed by atoms with van der Waals surface area (Å²) in [4.78, 5) is 29.9. The van der Waals surface area contributed by atoms with Gasteiger partial charge in [-0.15, -0.1) is 0 Å². The minimum atomic E-state index is -0.760. The average molecular weight is 483 g/mol. The minimum Gasteiger partial charge on any atom is -0.507 e. The van der Waals surface area contributed by atoms with Crippen molar-refractivity contribution >= 4 is 17.4 Å². The summed E-state index contributed by atoms with van der Waals surface area (Å²) < 4.78 is 16.5. The van der Waals surface area contributed by atoms with E-state index in [1.54, 1.807) is 43.5 Å². The van der Waals surface area contributed by atoms with Gasteiger partial charge in [0.1, 0.15) is 11.5 Å². The maximum absolute atomic E-state index is 13.2. The monoisotopic (exact) mass is 482 g/mol. The van der Waals surface area contributed by atoms with Crippen molar-refractivity contribution in [1.29, 1.82) is 0 Å². The molecular weight excluding hydrogens is 448 g/mol. The fourth-order valence-corrected chi connectivity index (χ4v) is 4.32. The van der Waals surface area contributed by atoms with Gasteiger partial charge in [-0.1, -0.05) is 6.07 Å². The number of carbonyl (C=O) groups excluding carboxylic acids is 2. The van der Waals surface area contributed by atoms with Gasteiger partial charge in [-0.3, -0.25) is 9.59 Å². The molecule has 1 heterocycles. The average Bonchev–Trinajstić information content (AvgIpc) is 3.08. The lowest BCUT2D eigenvalue weighted by Crippen LogP contribution is -2.32. The molecule has 0 spiro atoms. The lowest BCUT2D eigenvalue weighted by atomic mass is 9.94. The van der Waals surface area contributed by atoms with Crippen LogP contribution < -0.4 is 14.2 Å². The van der Waals surface area contributed by atoms with Crippen molar-refractivity contribution in [2.45, 2.75) is 26.3 Å². The molecule has 0 radical (unpaired) electrons. The number of hydrogen-bond donors (Lipinski definition) is 1. The van der Waals surface area contributed by atoms with E-state index in [0.29, 0.717) is 47.9 Å². The second-order valence-electron chi connectivity index (χ2n) is 8.68. The lowest BCUT2D eigenvalue weighted by molar-refractivity contribution is -0.139. The largest absolute Gasteiger partial charge is 0.507 e. The minimum absolute atomic E-state index is 0.0515. The summed E-state index contributed by atoms with van der Waals surface area (Å²) in [6.45, 7) is 5.31. The molecule has 0 aliphatic carbocycles. The number of Topliss-reactive ketones (excluding diaryl/α,β-unsaturated/α-hetero) is 1. The predicted molar refractivity (Wildman–Crippen MR) is 134 cm³/mol. The zero-order valence-electron chi connectivity index (χ0n) is 21.3. The number of amides is 1. The Labute approximate surface area is 206 Å². The van der Waals surface area contributed by atoms with Crippen molar-refractivity contribution in [2.75, 3.05) is 48.0 Å². The highest BCUT2D eigenvalue weighted by Crippen LogP contribution is 2.42. The van der Waals surface area contributed by atoms with Crippen LogP contribution in [0.4, 0.5) is 0 Å². The Morgan fingerprint density at radius 2 is 1.71 bits per heavy atom. The number of nitrogens with zero attached hydrogens (tertiary/aromatic N) is 2. The van der Waals surface area contributed by atoms with Gasteiger partial charge >= 0.3 is 0 Å². The fourth-order valence-electron chi connectivity index (χ4n) is 4.32. The van der Waals surface area contributed by atoms with Gasteiger partial charge in [-0.25, -0.2) is 0 Å². The summed E-state index contributed by atoms with van der Waals surface area (Å²) in [5.74, 6) is 0.158. The van der Waals surface area contributed by atoms with E-state index >= 15 is 0 Å².